The van der Waals surface area contributed by atoms with E-state index >= 15 is 0 Å². The van der Waals surface area contributed by atoms with Crippen LogP contribution >= 0.6 is 11.3 Å². The maximum atomic E-state index is 4.35. The maximum absolute atomic E-state index is 4.35. The fourth-order valence-corrected chi connectivity index (χ4v) is 3.65. The lowest BCUT2D eigenvalue weighted by Crippen LogP contribution is -2.10. The molecule has 21 heavy (non-hydrogen) atoms. The largest absolute Gasteiger partial charge is 0.369 e. The number of aromatic nitrogens is 5. The van der Waals surface area contributed by atoms with Gasteiger partial charge in [-0.25, -0.2) is 9.97 Å². The number of aryl methyl sites for hydroxylation is 2. The predicted molar refractivity (Wildman–Crippen MR) is 82.7 cm³/mol. The van der Waals surface area contributed by atoms with Gasteiger partial charge in [-0.05, 0) is 19.4 Å². The van der Waals surface area contributed by atoms with Crippen molar-refractivity contribution in [2.24, 2.45) is 0 Å². The van der Waals surface area contributed by atoms with Crippen molar-refractivity contribution in [3.05, 3.63) is 28.9 Å². The van der Waals surface area contributed by atoms with Crippen LogP contribution in [0.1, 0.15) is 22.9 Å². The van der Waals surface area contributed by atoms with Crippen molar-refractivity contribution in [2.75, 3.05) is 11.9 Å². The number of rotatable bonds is 4. The molecule has 1 N–H and O–H groups in total. The lowest BCUT2D eigenvalue weighted by Gasteiger charge is -2.06. The molecule has 0 spiro atoms. The van der Waals surface area contributed by atoms with Gasteiger partial charge < -0.3 is 9.88 Å². The zero-order valence-electron chi connectivity index (χ0n) is 11.8. The summed E-state index contributed by atoms with van der Waals surface area (Å²) in [6.45, 7) is 3.95. The number of nitrogens with zero attached hydrogens (tertiary/aromatic N) is 5. The molecule has 6 nitrogen and oxygen atoms in total. The molecule has 0 saturated heterocycles. The summed E-state index contributed by atoms with van der Waals surface area (Å²) in [5.41, 5.74) is 0. The van der Waals surface area contributed by atoms with E-state index in [1.54, 1.807) is 17.7 Å². The molecule has 7 heteroatoms. The van der Waals surface area contributed by atoms with E-state index in [9.17, 15) is 0 Å². The number of anilines is 1. The molecule has 4 heterocycles. The topological polar surface area (TPSA) is 68.5 Å². The van der Waals surface area contributed by atoms with Crippen LogP contribution in [-0.4, -0.2) is 31.3 Å². The highest BCUT2D eigenvalue weighted by molar-refractivity contribution is 7.18. The van der Waals surface area contributed by atoms with E-state index in [2.05, 4.69) is 43.0 Å². The summed E-state index contributed by atoms with van der Waals surface area (Å²) in [6.07, 6.45) is 4.73. The monoisotopic (exact) mass is 300 g/mol. The number of hydrogen-bond acceptors (Lipinski definition) is 6. The number of hydrogen-bond donors (Lipinski definition) is 1. The van der Waals surface area contributed by atoms with Crippen LogP contribution in [-0.2, 0) is 19.4 Å². The van der Waals surface area contributed by atoms with Gasteiger partial charge in [0.2, 0.25) is 0 Å². The van der Waals surface area contributed by atoms with Crippen LogP contribution in [0.25, 0.3) is 10.2 Å². The van der Waals surface area contributed by atoms with Crippen molar-refractivity contribution in [3.63, 3.8) is 0 Å². The van der Waals surface area contributed by atoms with Gasteiger partial charge in [-0.1, -0.05) is 0 Å². The van der Waals surface area contributed by atoms with E-state index < -0.39 is 0 Å². The van der Waals surface area contributed by atoms with Gasteiger partial charge in [0.25, 0.3) is 0 Å². The molecule has 4 rings (SSSR count). The standard InChI is InChI=1S/C14H16N6S/c1-9-7-10-13(16-8-17-14(10)21-9)15-5-4-12-19-18-11-3-2-6-20(11)12/h7-8H,2-6H2,1H3,(H,15,16,17). The number of fused-ring (bicyclic) bond motifs is 2. The molecule has 1 aliphatic heterocycles. The van der Waals surface area contributed by atoms with Crippen LogP contribution in [0.4, 0.5) is 5.82 Å². The maximum Gasteiger partial charge on any atom is 0.138 e. The predicted octanol–water partition coefficient (Wildman–Crippen LogP) is 2.19. The zero-order valence-corrected chi connectivity index (χ0v) is 12.7. The quantitative estimate of drug-likeness (QED) is 0.800. The first kappa shape index (κ1) is 12.7. The Kier molecular flexibility index (Phi) is 3.07. The van der Waals surface area contributed by atoms with E-state index in [-0.39, 0.29) is 0 Å². The van der Waals surface area contributed by atoms with Crippen molar-refractivity contribution in [3.8, 4) is 0 Å². The molecule has 0 unspecified atom stereocenters. The summed E-state index contributed by atoms with van der Waals surface area (Å²) < 4.78 is 2.24. The van der Waals surface area contributed by atoms with Crippen molar-refractivity contribution < 1.29 is 0 Å². The summed E-state index contributed by atoms with van der Waals surface area (Å²) in [5.74, 6) is 3.11. The Balaban J connectivity index is 1.48. The fraction of sp³-hybridized carbons (Fsp3) is 0.429. The van der Waals surface area contributed by atoms with E-state index in [0.29, 0.717) is 0 Å². The molecular formula is C14H16N6S. The third-order valence-corrected chi connectivity index (χ3v) is 4.74. The molecule has 0 aliphatic carbocycles. The van der Waals surface area contributed by atoms with Gasteiger partial charge in [-0.15, -0.1) is 21.5 Å². The summed E-state index contributed by atoms with van der Waals surface area (Å²) in [4.78, 5) is 11.0. The second-order valence-corrected chi connectivity index (χ2v) is 6.50. The van der Waals surface area contributed by atoms with Crippen molar-refractivity contribution in [1.29, 1.82) is 0 Å². The summed E-state index contributed by atoms with van der Waals surface area (Å²) >= 11 is 1.70. The molecule has 0 atom stereocenters. The Morgan fingerprint density at radius 1 is 1.33 bits per heavy atom. The first-order valence-electron chi connectivity index (χ1n) is 7.17. The second-order valence-electron chi connectivity index (χ2n) is 5.26. The number of nitrogens with one attached hydrogen (secondary N) is 1. The van der Waals surface area contributed by atoms with Gasteiger partial charge in [0.15, 0.2) is 0 Å². The van der Waals surface area contributed by atoms with Crippen LogP contribution < -0.4 is 5.32 Å². The minimum Gasteiger partial charge on any atom is -0.369 e. The minimum absolute atomic E-state index is 0.805. The Labute approximate surface area is 126 Å². The van der Waals surface area contributed by atoms with Crippen molar-refractivity contribution >= 4 is 27.4 Å². The molecule has 0 radical (unpaired) electrons. The highest BCUT2D eigenvalue weighted by atomic mass is 32.1. The van der Waals surface area contributed by atoms with E-state index in [1.807, 2.05) is 0 Å². The lowest BCUT2D eigenvalue weighted by atomic mass is 10.3. The van der Waals surface area contributed by atoms with Crippen LogP contribution in [0.15, 0.2) is 12.4 Å². The van der Waals surface area contributed by atoms with Crippen molar-refractivity contribution in [2.45, 2.75) is 32.7 Å². The molecule has 0 saturated carbocycles. The van der Waals surface area contributed by atoms with Gasteiger partial charge in [-0.3, -0.25) is 0 Å². The average Bonchev–Trinajstić information content (AvgIpc) is 3.14. The van der Waals surface area contributed by atoms with Gasteiger partial charge in [0, 0.05) is 30.8 Å². The second kappa shape index (κ2) is 5.07. The zero-order chi connectivity index (χ0) is 14.2. The smallest absolute Gasteiger partial charge is 0.138 e. The SMILES string of the molecule is Cc1cc2c(NCCc3nnc4n3CCC4)ncnc2s1. The van der Waals surface area contributed by atoms with Gasteiger partial charge in [0.05, 0.1) is 5.39 Å². The van der Waals surface area contributed by atoms with E-state index in [0.717, 1.165) is 53.6 Å². The Morgan fingerprint density at radius 3 is 3.24 bits per heavy atom. The highest BCUT2D eigenvalue weighted by Crippen LogP contribution is 2.27. The summed E-state index contributed by atoms with van der Waals surface area (Å²) in [7, 11) is 0. The van der Waals surface area contributed by atoms with Gasteiger partial charge in [-0.2, -0.15) is 0 Å². The third kappa shape index (κ3) is 2.27. The molecule has 3 aromatic heterocycles. The molecule has 1 aliphatic rings. The molecule has 108 valence electrons. The van der Waals surface area contributed by atoms with Gasteiger partial charge >= 0.3 is 0 Å². The third-order valence-electron chi connectivity index (χ3n) is 3.78. The van der Waals surface area contributed by atoms with E-state index in [1.165, 1.54) is 11.3 Å². The minimum atomic E-state index is 0.805. The van der Waals surface area contributed by atoms with Crippen LogP contribution in [0.2, 0.25) is 0 Å². The first-order chi connectivity index (χ1) is 10.3. The molecule has 0 aromatic carbocycles. The highest BCUT2D eigenvalue weighted by Gasteiger charge is 2.16. The normalized spacial score (nSPS) is 13.8. The lowest BCUT2D eigenvalue weighted by molar-refractivity contribution is 0.687. The van der Waals surface area contributed by atoms with Crippen LogP contribution in [0, 0.1) is 6.92 Å². The molecule has 0 amide bonds. The average molecular weight is 300 g/mol. The fourth-order valence-electron chi connectivity index (χ4n) is 2.81. The van der Waals surface area contributed by atoms with Gasteiger partial charge in [0.1, 0.15) is 28.6 Å². The van der Waals surface area contributed by atoms with Crippen LogP contribution in [0.5, 0.6) is 0 Å². The molecule has 0 fully saturated rings. The van der Waals surface area contributed by atoms with Crippen LogP contribution in [0.3, 0.4) is 0 Å². The van der Waals surface area contributed by atoms with E-state index in [4.69, 9.17) is 0 Å². The molecule has 3 aromatic rings. The Hall–Kier alpha value is -2.02. The summed E-state index contributed by atoms with van der Waals surface area (Å²) in [6, 6.07) is 2.14. The number of thiophene rings is 1. The van der Waals surface area contributed by atoms with Crippen molar-refractivity contribution in [1.82, 2.24) is 24.7 Å². The Morgan fingerprint density at radius 2 is 2.29 bits per heavy atom. The first-order valence-corrected chi connectivity index (χ1v) is 7.99. The molecule has 0 bridgehead atoms. The molecular weight excluding hydrogens is 284 g/mol. The summed E-state index contributed by atoms with van der Waals surface area (Å²) in [5, 5.41) is 13.0. The Bertz CT molecular complexity index is 790.